The number of rotatable bonds is 5. The second-order valence-corrected chi connectivity index (χ2v) is 5.59. The maximum absolute atomic E-state index is 10.9. The van der Waals surface area contributed by atoms with Crippen molar-refractivity contribution in [1.82, 2.24) is 4.98 Å². The Morgan fingerprint density at radius 1 is 1.29 bits per heavy atom. The van der Waals surface area contributed by atoms with Crippen LogP contribution in [0.5, 0.6) is 5.88 Å². The van der Waals surface area contributed by atoms with Gasteiger partial charge in [0.1, 0.15) is 10.8 Å². The van der Waals surface area contributed by atoms with Crippen molar-refractivity contribution in [2.24, 2.45) is 0 Å². The van der Waals surface area contributed by atoms with Gasteiger partial charge in [-0.2, -0.15) is 0 Å². The summed E-state index contributed by atoms with van der Waals surface area (Å²) in [5.41, 5.74) is 0. The summed E-state index contributed by atoms with van der Waals surface area (Å²) in [5, 5.41) is 0.259. The molecule has 21 heavy (non-hydrogen) atoms. The van der Waals surface area contributed by atoms with E-state index in [-0.39, 0.29) is 0 Å². The Morgan fingerprint density at radius 2 is 1.95 bits per heavy atom. The van der Waals surface area contributed by atoms with Crippen LogP contribution in [0.2, 0.25) is 10.0 Å². The highest BCUT2D eigenvalue weighted by atomic mass is 35.5. The van der Waals surface area contributed by atoms with E-state index in [1.165, 1.54) is 6.20 Å². The van der Waals surface area contributed by atoms with Crippen LogP contribution in [0, 0.1) is 0 Å². The fraction of sp³-hybridized carbons (Fsp3) is 0.286. The van der Waals surface area contributed by atoms with Crippen LogP contribution < -0.4 is 4.74 Å². The number of ether oxygens (including phenoxy) is 2. The summed E-state index contributed by atoms with van der Waals surface area (Å²) < 4.78 is 11.0. The molecule has 0 saturated heterocycles. The van der Waals surface area contributed by atoms with Crippen LogP contribution in [0.25, 0.3) is 0 Å². The Bertz CT molecular complexity index is 613. The van der Waals surface area contributed by atoms with Gasteiger partial charge in [-0.25, -0.2) is 4.98 Å². The topological polar surface area (TPSA) is 48.4 Å². The van der Waals surface area contributed by atoms with Gasteiger partial charge in [0.15, 0.2) is 6.10 Å². The highest BCUT2D eigenvalue weighted by Gasteiger charge is 2.16. The highest BCUT2D eigenvalue weighted by Crippen LogP contribution is 2.29. The summed E-state index contributed by atoms with van der Waals surface area (Å²) in [7, 11) is 0. The third-order valence-corrected chi connectivity index (χ3v) is 3.51. The summed E-state index contributed by atoms with van der Waals surface area (Å²) in [6.45, 7) is 1.60. The molecule has 7 heteroatoms. The van der Waals surface area contributed by atoms with E-state index in [1.807, 2.05) is 0 Å². The minimum Gasteiger partial charge on any atom is -0.486 e. The van der Waals surface area contributed by atoms with Crippen LogP contribution in [0.3, 0.4) is 0 Å². The Kier molecular flexibility index (Phi) is 5.51. The standard InChI is InChI=1S/C14H12Cl3NO3/c1-8(13(17)19)20-10-2-4-11(5-3-10)21-14-12(16)6-9(15)7-18-14/h2,4,6-8H,3,5H2,1H3/t8-/m1/s1. The maximum Gasteiger partial charge on any atom is 0.261 e. The van der Waals surface area contributed by atoms with Gasteiger partial charge < -0.3 is 9.47 Å². The molecular formula is C14H12Cl3NO3. The summed E-state index contributed by atoms with van der Waals surface area (Å²) >= 11 is 17.1. The Labute approximate surface area is 137 Å². The lowest BCUT2D eigenvalue weighted by Crippen LogP contribution is -2.16. The second kappa shape index (κ2) is 7.16. The van der Waals surface area contributed by atoms with Crippen LogP contribution >= 0.6 is 34.8 Å². The molecule has 1 atom stereocenters. The molecule has 0 aromatic carbocycles. The average Bonchev–Trinajstić information content (AvgIpc) is 2.43. The number of allylic oxidation sites excluding steroid dienone is 4. The molecule has 1 aliphatic carbocycles. The molecule has 1 heterocycles. The van der Waals surface area contributed by atoms with Crippen LogP contribution in [-0.4, -0.2) is 16.3 Å². The molecular weight excluding hydrogens is 337 g/mol. The van der Waals surface area contributed by atoms with Crippen molar-refractivity contribution in [3.63, 3.8) is 0 Å². The molecule has 0 bridgehead atoms. The third-order valence-electron chi connectivity index (χ3n) is 2.72. The lowest BCUT2D eigenvalue weighted by Gasteiger charge is -2.18. The van der Waals surface area contributed by atoms with Gasteiger partial charge in [0.05, 0.1) is 10.8 Å². The van der Waals surface area contributed by atoms with Gasteiger partial charge in [-0.15, -0.1) is 0 Å². The maximum atomic E-state index is 10.9. The normalized spacial score (nSPS) is 15.8. The lowest BCUT2D eigenvalue weighted by molar-refractivity contribution is -0.119. The predicted molar refractivity (Wildman–Crippen MR) is 81.7 cm³/mol. The van der Waals surface area contributed by atoms with Crippen molar-refractivity contribution >= 4 is 40.0 Å². The number of hydrogen-bond acceptors (Lipinski definition) is 4. The molecule has 0 aliphatic heterocycles. The number of hydrogen-bond donors (Lipinski definition) is 0. The minimum absolute atomic E-state index is 0.300. The Hall–Kier alpha value is -1.23. The summed E-state index contributed by atoms with van der Waals surface area (Å²) in [5.74, 6) is 1.68. The monoisotopic (exact) mass is 347 g/mol. The third kappa shape index (κ3) is 4.63. The van der Waals surface area contributed by atoms with Crippen molar-refractivity contribution in [3.05, 3.63) is 46.0 Å². The van der Waals surface area contributed by atoms with Crippen molar-refractivity contribution in [3.8, 4) is 5.88 Å². The second-order valence-electron chi connectivity index (χ2n) is 4.37. The number of nitrogens with zero attached hydrogens (tertiary/aromatic N) is 1. The minimum atomic E-state index is -0.666. The van der Waals surface area contributed by atoms with Gasteiger partial charge in [-0.05, 0) is 36.7 Å². The van der Waals surface area contributed by atoms with E-state index in [4.69, 9.17) is 44.3 Å². The first kappa shape index (κ1) is 16.1. The molecule has 1 aromatic rings. The summed E-state index contributed by atoms with van der Waals surface area (Å²) in [6.07, 6.45) is 5.49. The zero-order valence-electron chi connectivity index (χ0n) is 11.1. The SMILES string of the molecule is C[C@@H](OC1=CC=C(Oc2ncc(Cl)cc2Cl)CC1)C(=O)Cl. The van der Waals surface area contributed by atoms with E-state index in [9.17, 15) is 4.79 Å². The summed E-state index contributed by atoms with van der Waals surface area (Å²) in [4.78, 5) is 14.9. The Morgan fingerprint density at radius 3 is 2.52 bits per heavy atom. The first-order valence-corrected chi connectivity index (χ1v) is 7.33. The van der Waals surface area contributed by atoms with Crippen LogP contribution in [0.4, 0.5) is 0 Å². The Balaban J connectivity index is 2.02. The van der Waals surface area contributed by atoms with E-state index in [2.05, 4.69) is 4.98 Å². The van der Waals surface area contributed by atoms with Crippen molar-refractivity contribution in [1.29, 1.82) is 0 Å². The first-order chi connectivity index (χ1) is 9.95. The number of aromatic nitrogens is 1. The van der Waals surface area contributed by atoms with Crippen molar-refractivity contribution in [2.75, 3.05) is 0 Å². The molecule has 112 valence electrons. The van der Waals surface area contributed by atoms with E-state index in [0.29, 0.717) is 40.3 Å². The molecule has 0 unspecified atom stereocenters. The van der Waals surface area contributed by atoms with Gasteiger partial charge >= 0.3 is 0 Å². The molecule has 1 aliphatic rings. The number of halogens is 3. The van der Waals surface area contributed by atoms with Gasteiger partial charge in [-0.1, -0.05) is 23.2 Å². The molecule has 0 amide bonds. The zero-order valence-corrected chi connectivity index (χ0v) is 13.4. The fourth-order valence-electron chi connectivity index (χ4n) is 1.66. The molecule has 0 saturated carbocycles. The van der Waals surface area contributed by atoms with E-state index >= 15 is 0 Å². The van der Waals surface area contributed by atoms with E-state index in [1.54, 1.807) is 25.1 Å². The molecule has 0 spiro atoms. The van der Waals surface area contributed by atoms with Crippen LogP contribution in [-0.2, 0) is 9.53 Å². The lowest BCUT2D eigenvalue weighted by atomic mass is 10.1. The van der Waals surface area contributed by atoms with E-state index in [0.717, 1.165) is 0 Å². The number of pyridine rings is 1. The van der Waals surface area contributed by atoms with Gasteiger partial charge in [0.25, 0.3) is 5.24 Å². The zero-order chi connectivity index (χ0) is 15.4. The molecule has 0 radical (unpaired) electrons. The molecule has 0 fully saturated rings. The highest BCUT2D eigenvalue weighted by molar-refractivity contribution is 6.64. The quantitative estimate of drug-likeness (QED) is 0.735. The molecule has 4 nitrogen and oxygen atoms in total. The molecule has 0 N–H and O–H groups in total. The average molecular weight is 349 g/mol. The molecule has 2 rings (SSSR count). The smallest absolute Gasteiger partial charge is 0.261 e. The first-order valence-electron chi connectivity index (χ1n) is 6.20. The van der Waals surface area contributed by atoms with Crippen LogP contribution in [0.1, 0.15) is 19.8 Å². The fourth-order valence-corrected chi connectivity index (χ4v) is 2.12. The number of carbonyl (C=O) groups excluding carboxylic acids is 1. The van der Waals surface area contributed by atoms with Gasteiger partial charge in [0.2, 0.25) is 5.88 Å². The number of carbonyl (C=O) groups is 1. The summed E-state index contributed by atoms with van der Waals surface area (Å²) in [6, 6.07) is 1.56. The van der Waals surface area contributed by atoms with E-state index < -0.39 is 11.3 Å². The van der Waals surface area contributed by atoms with Crippen molar-refractivity contribution in [2.45, 2.75) is 25.9 Å². The largest absolute Gasteiger partial charge is 0.486 e. The van der Waals surface area contributed by atoms with Gasteiger partial charge in [0, 0.05) is 19.0 Å². The predicted octanol–water partition coefficient (Wildman–Crippen LogP) is 4.50. The van der Waals surface area contributed by atoms with Crippen molar-refractivity contribution < 1.29 is 14.3 Å². The molecule has 1 aromatic heterocycles. The van der Waals surface area contributed by atoms with Gasteiger partial charge in [-0.3, -0.25) is 4.79 Å². The van der Waals surface area contributed by atoms with Crippen LogP contribution in [0.15, 0.2) is 35.9 Å².